The molecule has 8 heteroatoms. The van der Waals surface area contributed by atoms with E-state index in [0.29, 0.717) is 29.1 Å². The highest BCUT2D eigenvalue weighted by Gasteiger charge is 2.11. The van der Waals surface area contributed by atoms with Gasteiger partial charge in [0, 0.05) is 18.1 Å². The van der Waals surface area contributed by atoms with Crippen LogP contribution in [0.2, 0.25) is 0 Å². The number of rotatable bonds is 3. The molecule has 0 saturated heterocycles. The van der Waals surface area contributed by atoms with Crippen molar-refractivity contribution in [2.45, 2.75) is 6.42 Å². The molecule has 0 saturated carbocycles. The van der Waals surface area contributed by atoms with Crippen LogP contribution in [0.15, 0.2) is 54.0 Å². The van der Waals surface area contributed by atoms with Gasteiger partial charge in [0.1, 0.15) is 11.6 Å². The van der Waals surface area contributed by atoms with Gasteiger partial charge in [0.15, 0.2) is 11.5 Å². The minimum atomic E-state index is -0.645. The average Bonchev–Trinajstić information content (AvgIpc) is 3.27. The van der Waals surface area contributed by atoms with Crippen LogP contribution in [0.25, 0.3) is 27.1 Å². The van der Waals surface area contributed by atoms with Gasteiger partial charge in [0.25, 0.3) is 0 Å². The molecule has 2 aromatic carbocycles. The maximum absolute atomic E-state index is 13.5. The molecule has 27 heavy (non-hydrogen) atoms. The van der Waals surface area contributed by atoms with Crippen LogP contribution in [-0.4, -0.2) is 24.8 Å². The maximum atomic E-state index is 13.5. The van der Waals surface area contributed by atoms with E-state index in [0.717, 1.165) is 21.8 Å². The molecule has 0 amide bonds. The van der Waals surface area contributed by atoms with Gasteiger partial charge in [-0.25, -0.2) is 13.8 Å². The Kier molecular flexibility index (Phi) is 3.64. The van der Waals surface area contributed by atoms with Crippen LogP contribution in [0.5, 0.6) is 0 Å². The molecule has 0 aliphatic heterocycles. The molecule has 0 spiro atoms. The zero-order valence-corrected chi connectivity index (χ0v) is 14.6. The van der Waals surface area contributed by atoms with Crippen LogP contribution in [-0.2, 0) is 6.42 Å². The second-order valence-electron chi connectivity index (χ2n) is 6.09. The summed E-state index contributed by atoms with van der Waals surface area (Å²) < 4.78 is 29.8. The van der Waals surface area contributed by atoms with Gasteiger partial charge in [-0.1, -0.05) is 6.07 Å². The number of nitrogens with zero attached hydrogens (tertiary/aromatic N) is 5. The van der Waals surface area contributed by atoms with Crippen LogP contribution >= 0.6 is 11.3 Å². The topological polar surface area (TPSA) is 56.0 Å². The van der Waals surface area contributed by atoms with Crippen molar-refractivity contribution in [2.75, 3.05) is 0 Å². The van der Waals surface area contributed by atoms with E-state index in [2.05, 4.69) is 26.3 Å². The third-order valence-corrected chi connectivity index (χ3v) is 5.04. The maximum Gasteiger partial charge on any atom is 0.177 e. The summed E-state index contributed by atoms with van der Waals surface area (Å²) in [7, 11) is 0. The zero-order valence-electron chi connectivity index (χ0n) is 13.8. The largest absolute Gasteiger partial charge is 0.245 e. The van der Waals surface area contributed by atoms with Crippen molar-refractivity contribution in [1.29, 1.82) is 0 Å². The molecule has 5 nitrogen and oxygen atoms in total. The standard InChI is InChI=1S/C19H11F2N5S/c20-13-7-12(8-14(21)9-13)15-3-4-18-23-24-19(26(18)25-15)6-11-1-2-16-17(5-11)27-10-22-16/h1-5,7-10H,6H2. The molecule has 3 heterocycles. The van der Waals surface area contributed by atoms with Gasteiger partial charge in [-0.2, -0.15) is 9.61 Å². The molecule has 5 aromatic rings. The summed E-state index contributed by atoms with van der Waals surface area (Å²) in [5.41, 5.74) is 5.21. The summed E-state index contributed by atoms with van der Waals surface area (Å²) >= 11 is 1.58. The van der Waals surface area contributed by atoms with Crippen molar-refractivity contribution >= 4 is 27.2 Å². The van der Waals surface area contributed by atoms with E-state index in [1.807, 2.05) is 17.6 Å². The van der Waals surface area contributed by atoms with Crippen molar-refractivity contribution in [2.24, 2.45) is 0 Å². The second-order valence-corrected chi connectivity index (χ2v) is 6.98. The van der Waals surface area contributed by atoms with Gasteiger partial charge in [0.2, 0.25) is 0 Å². The highest BCUT2D eigenvalue weighted by molar-refractivity contribution is 7.16. The first-order chi connectivity index (χ1) is 13.2. The van der Waals surface area contributed by atoms with Gasteiger partial charge >= 0.3 is 0 Å². The third-order valence-electron chi connectivity index (χ3n) is 4.24. The van der Waals surface area contributed by atoms with Crippen molar-refractivity contribution in [3.63, 3.8) is 0 Å². The first-order valence-electron chi connectivity index (χ1n) is 8.16. The molecule has 132 valence electrons. The first-order valence-corrected chi connectivity index (χ1v) is 9.04. The van der Waals surface area contributed by atoms with E-state index in [4.69, 9.17) is 0 Å². The number of hydrogen-bond acceptors (Lipinski definition) is 5. The fourth-order valence-electron chi connectivity index (χ4n) is 2.99. The third kappa shape index (κ3) is 2.93. The van der Waals surface area contributed by atoms with Crippen LogP contribution in [0, 0.1) is 11.6 Å². The smallest absolute Gasteiger partial charge is 0.177 e. The molecule has 0 unspecified atom stereocenters. The summed E-state index contributed by atoms with van der Waals surface area (Å²) in [6.07, 6.45) is 0.531. The molecular weight excluding hydrogens is 368 g/mol. The average molecular weight is 379 g/mol. The van der Waals surface area contributed by atoms with Gasteiger partial charge in [-0.15, -0.1) is 21.5 Å². The molecule has 0 atom stereocenters. The molecular formula is C19H11F2N5S. The Morgan fingerprint density at radius 2 is 1.78 bits per heavy atom. The number of benzene rings is 2. The minimum Gasteiger partial charge on any atom is -0.245 e. The van der Waals surface area contributed by atoms with Gasteiger partial charge in [-0.05, 0) is 42.0 Å². The van der Waals surface area contributed by atoms with E-state index >= 15 is 0 Å². The summed E-state index contributed by atoms with van der Waals surface area (Å²) in [5.74, 6) is -0.643. The number of thiazole rings is 1. The van der Waals surface area contributed by atoms with Gasteiger partial charge < -0.3 is 0 Å². The Morgan fingerprint density at radius 3 is 2.63 bits per heavy atom. The van der Waals surface area contributed by atoms with E-state index in [-0.39, 0.29) is 0 Å². The van der Waals surface area contributed by atoms with Crippen molar-refractivity contribution in [3.8, 4) is 11.3 Å². The lowest BCUT2D eigenvalue weighted by Crippen LogP contribution is -2.01. The summed E-state index contributed by atoms with van der Waals surface area (Å²) in [5, 5.41) is 12.8. The normalized spacial score (nSPS) is 11.5. The highest BCUT2D eigenvalue weighted by atomic mass is 32.1. The first kappa shape index (κ1) is 16.0. The van der Waals surface area contributed by atoms with Crippen molar-refractivity contribution < 1.29 is 8.78 Å². The molecule has 5 rings (SSSR count). The van der Waals surface area contributed by atoms with E-state index in [1.54, 1.807) is 28.0 Å². The monoisotopic (exact) mass is 379 g/mol. The quantitative estimate of drug-likeness (QED) is 0.470. The Bertz CT molecular complexity index is 1270. The van der Waals surface area contributed by atoms with Crippen LogP contribution < -0.4 is 0 Å². The molecule has 0 radical (unpaired) electrons. The predicted molar refractivity (Wildman–Crippen MR) is 98.6 cm³/mol. The van der Waals surface area contributed by atoms with Crippen LogP contribution in [0.4, 0.5) is 8.78 Å². The van der Waals surface area contributed by atoms with E-state index < -0.39 is 11.6 Å². The number of hydrogen-bond donors (Lipinski definition) is 0. The van der Waals surface area contributed by atoms with Crippen LogP contribution in [0.1, 0.15) is 11.4 Å². The predicted octanol–water partition coefficient (Wildman–Crippen LogP) is 4.27. The molecule has 0 aliphatic carbocycles. The summed E-state index contributed by atoms with van der Waals surface area (Å²) in [4.78, 5) is 4.28. The number of fused-ring (bicyclic) bond motifs is 2. The number of aromatic nitrogens is 5. The molecule has 0 fully saturated rings. The Balaban J connectivity index is 1.56. The van der Waals surface area contributed by atoms with Crippen LogP contribution in [0.3, 0.4) is 0 Å². The van der Waals surface area contributed by atoms with Crippen molar-refractivity contribution in [3.05, 3.63) is 77.1 Å². The Hall–Kier alpha value is -3.26. The molecule has 3 aromatic heterocycles. The summed E-state index contributed by atoms with van der Waals surface area (Å²) in [6.45, 7) is 0. The molecule has 0 bridgehead atoms. The highest BCUT2D eigenvalue weighted by Crippen LogP contribution is 2.22. The minimum absolute atomic E-state index is 0.361. The van der Waals surface area contributed by atoms with Gasteiger partial charge in [-0.3, -0.25) is 0 Å². The zero-order chi connectivity index (χ0) is 18.4. The van der Waals surface area contributed by atoms with Crippen molar-refractivity contribution in [1.82, 2.24) is 24.8 Å². The number of halogens is 2. The van der Waals surface area contributed by atoms with E-state index in [1.165, 1.54) is 12.1 Å². The Morgan fingerprint density at radius 1 is 0.926 bits per heavy atom. The molecule has 0 N–H and O–H groups in total. The SMILES string of the molecule is Fc1cc(F)cc(-c2ccc3nnc(Cc4ccc5ncsc5c4)n3n2)c1. The Labute approximate surface area is 155 Å². The van der Waals surface area contributed by atoms with E-state index in [9.17, 15) is 8.78 Å². The fraction of sp³-hybridized carbons (Fsp3) is 0.0526. The molecule has 0 aliphatic rings. The van der Waals surface area contributed by atoms with Gasteiger partial charge in [0.05, 0.1) is 21.4 Å². The lowest BCUT2D eigenvalue weighted by molar-refractivity contribution is 0.584. The lowest BCUT2D eigenvalue weighted by atomic mass is 10.1. The fourth-order valence-corrected chi connectivity index (χ4v) is 3.73. The lowest BCUT2D eigenvalue weighted by Gasteiger charge is -2.04. The second kappa shape index (κ2) is 6.17. The summed E-state index contributed by atoms with van der Waals surface area (Å²) in [6, 6.07) is 12.8.